The summed E-state index contributed by atoms with van der Waals surface area (Å²) in [5.41, 5.74) is 1.20. The largest absolute Gasteiger partial charge is 0.354 e. The topological polar surface area (TPSA) is 68.9 Å². The minimum absolute atomic E-state index is 0.0433. The molecule has 1 N–H and O–H groups in total. The average Bonchev–Trinajstić information content (AvgIpc) is 3.13. The monoisotopic (exact) mass is 532 g/mol. The Morgan fingerprint density at radius 3 is 2.40 bits per heavy atom. The van der Waals surface area contributed by atoms with Crippen molar-refractivity contribution in [2.45, 2.75) is 19.5 Å². The van der Waals surface area contributed by atoms with Crippen LogP contribution in [0.15, 0.2) is 71.5 Å². The van der Waals surface area contributed by atoms with Gasteiger partial charge in [0.1, 0.15) is 12.4 Å². The molecule has 1 heterocycles. The van der Waals surface area contributed by atoms with Crippen molar-refractivity contribution >= 4 is 40.7 Å². The van der Waals surface area contributed by atoms with Crippen molar-refractivity contribution in [3.05, 3.63) is 109 Å². The SMILES string of the molecule is O=C(Cn1nc(-c2ccc(Cl)cc2)n(Cc2ccccc2F)c1=O)NCCc1cccc(Cl)c1Cl. The molecule has 0 aliphatic carbocycles. The van der Waals surface area contributed by atoms with Crippen molar-refractivity contribution in [3.63, 3.8) is 0 Å². The molecule has 4 rings (SSSR count). The second-order valence-electron chi connectivity index (χ2n) is 7.76. The Labute approximate surface area is 215 Å². The molecule has 0 radical (unpaired) electrons. The summed E-state index contributed by atoms with van der Waals surface area (Å²) in [5, 5.41) is 8.54. The first-order valence-electron chi connectivity index (χ1n) is 10.7. The molecule has 0 unspecified atom stereocenters. The minimum atomic E-state index is -0.536. The van der Waals surface area contributed by atoms with Gasteiger partial charge in [-0.15, -0.1) is 5.10 Å². The van der Waals surface area contributed by atoms with E-state index in [0.717, 1.165) is 10.2 Å². The lowest BCUT2D eigenvalue weighted by atomic mass is 10.1. The van der Waals surface area contributed by atoms with Gasteiger partial charge < -0.3 is 5.32 Å². The molecule has 0 saturated carbocycles. The van der Waals surface area contributed by atoms with Crippen molar-refractivity contribution in [2.75, 3.05) is 6.54 Å². The number of hydrogen-bond acceptors (Lipinski definition) is 3. The lowest BCUT2D eigenvalue weighted by Gasteiger charge is -2.07. The summed E-state index contributed by atoms with van der Waals surface area (Å²) >= 11 is 18.2. The number of nitrogens with one attached hydrogen (secondary N) is 1. The molecule has 35 heavy (non-hydrogen) atoms. The van der Waals surface area contributed by atoms with E-state index in [1.54, 1.807) is 54.6 Å². The summed E-state index contributed by atoms with van der Waals surface area (Å²) in [6.45, 7) is -0.0427. The van der Waals surface area contributed by atoms with Gasteiger partial charge in [-0.3, -0.25) is 9.36 Å². The predicted octanol–water partition coefficient (Wildman–Crippen LogP) is 5.22. The Balaban J connectivity index is 1.55. The molecule has 0 bridgehead atoms. The van der Waals surface area contributed by atoms with Gasteiger partial charge in [0, 0.05) is 22.7 Å². The molecule has 0 aliphatic rings. The van der Waals surface area contributed by atoms with Crippen molar-refractivity contribution in [1.29, 1.82) is 0 Å². The first-order chi connectivity index (χ1) is 16.8. The van der Waals surface area contributed by atoms with Gasteiger partial charge >= 0.3 is 5.69 Å². The van der Waals surface area contributed by atoms with E-state index < -0.39 is 17.4 Å². The molecular formula is C25H20Cl3FN4O2. The maximum absolute atomic E-state index is 14.3. The van der Waals surface area contributed by atoms with E-state index in [1.165, 1.54) is 10.6 Å². The minimum Gasteiger partial charge on any atom is -0.354 e. The van der Waals surface area contributed by atoms with Crippen molar-refractivity contribution in [1.82, 2.24) is 19.7 Å². The van der Waals surface area contributed by atoms with Gasteiger partial charge in [-0.1, -0.05) is 65.1 Å². The Hall–Kier alpha value is -3.13. The molecule has 0 saturated heterocycles. The number of amides is 1. The van der Waals surface area contributed by atoms with Crippen LogP contribution in [0.25, 0.3) is 11.4 Å². The van der Waals surface area contributed by atoms with Crippen LogP contribution in [0.1, 0.15) is 11.1 Å². The van der Waals surface area contributed by atoms with Crippen molar-refractivity contribution in [3.8, 4) is 11.4 Å². The summed E-state index contributed by atoms with van der Waals surface area (Å²) in [6.07, 6.45) is 0.470. The number of aromatic nitrogens is 3. The van der Waals surface area contributed by atoms with Crippen LogP contribution in [0.4, 0.5) is 4.39 Å². The number of nitrogens with zero attached hydrogens (tertiary/aromatic N) is 3. The van der Waals surface area contributed by atoms with E-state index in [0.29, 0.717) is 45.0 Å². The van der Waals surface area contributed by atoms with E-state index in [1.807, 2.05) is 6.07 Å². The molecule has 10 heteroatoms. The second-order valence-corrected chi connectivity index (χ2v) is 8.98. The highest BCUT2D eigenvalue weighted by Crippen LogP contribution is 2.25. The van der Waals surface area contributed by atoms with Crippen LogP contribution in [0.2, 0.25) is 15.1 Å². The molecule has 0 fully saturated rings. The van der Waals surface area contributed by atoms with E-state index in [-0.39, 0.29) is 13.1 Å². The number of rotatable bonds is 8. The second kappa shape index (κ2) is 11.1. The van der Waals surface area contributed by atoms with Crippen molar-refractivity contribution < 1.29 is 9.18 Å². The molecule has 1 aromatic heterocycles. The van der Waals surface area contributed by atoms with Crippen LogP contribution in [0.3, 0.4) is 0 Å². The third-order valence-electron chi connectivity index (χ3n) is 5.35. The van der Waals surface area contributed by atoms with E-state index in [9.17, 15) is 14.0 Å². The summed E-state index contributed by atoms with van der Waals surface area (Å²) in [7, 11) is 0. The third-order valence-corrected chi connectivity index (χ3v) is 6.46. The number of carbonyl (C=O) groups is 1. The quantitative estimate of drug-likeness (QED) is 0.338. The predicted molar refractivity (Wildman–Crippen MR) is 136 cm³/mol. The van der Waals surface area contributed by atoms with Crippen LogP contribution >= 0.6 is 34.8 Å². The first-order valence-corrected chi connectivity index (χ1v) is 11.8. The maximum Gasteiger partial charge on any atom is 0.347 e. The number of benzene rings is 3. The van der Waals surface area contributed by atoms with Crippen LogP contribution in [0.5, 0.6) is 0 Å². The fourth-order valence-corrected chi connectivity index (χ4v) is 4.11. The van der Waals surface area contributed by atoms with E-state index in [4.69, 9.17) is 34.8 Å². The van der Waals surface area contributed by atoms with Gasteiger partial charge in [0.15, 0.2) is 5.82 Å². The molecule has 3 aromatic carbocycles. The molecule has 180 valence electrons. The highest BCUT2D eigenvalue weighted by molar-refractivity contribution is 6.42. The fourth-order valence-electron chi connectivity index (χ4n) is 3.57. The summed E-state index contributed by atoms with van der Waals surface area (Å²) in [4.78, 5) is 25.7. The van der Waals surface area contributed by atoms with Gasteiger partial charge in [-0.05, 0) is 48.4 Å². The Kier molecular flexibility index (Phi) is 7.90. The molecule has 1 amide bonds. The zero-order chi connectivity index (χ0) is 24.9. The number of hydrogen-bond donors (Lipinski definition) is 1. The highest BCUT2D eigenvalue weighted by atomic mass is 35.5. The Morgan fingerprint density at radius 1 is 0.943 bits per heavy atom. The molecule has 0 spiro atoms. The summed E-state index contributed by atoms with van der Waals surface area (Å²) in [6, 6.07) is 18.2. The molecule has 0 aliphatic heterocycles. The Morgan fingerprint density at radius 2 is 1.66 bits per heavy atom. The van der Waals surface area contributed by atoms with E-state index >= 15 is 0 Å². The molecule has 4 aromatic rings. The first kappa shape index (κ1) is 25.0. The normalized spacial score (nSPS) is 11.0. The summed E-state index contributed by atoms with van der Waals surface area (Å²) in [5.74, 6) is -0.538. The van der Waals surface area contributed by atoms with E-state index in [2.05, 4.69) is 10.4 Å². The van der Waals surface area contributed by atoms with Crippen LogP contribution in [-0.4, -0.2) is 26.8 Å². The molecular weight excluding hydrogens is 514 g/mol. The summed E-state index contributed by atoms with van der Waals surface area (Å²) < 4.78 is 16.7. The van der Waals surface area contributed by atoms with Crippen LogP contribution in [0, 0.1) is 5.82 Å². The average molecular weight is 534 g/mol. The maximum atomic E-state index is 14.3. The van der Waals surface area contributed by atoms with Crippen LogP contribution < -0.4 is 11.0 Å². The standard InChI is InChI=1S/C25H20Cl3FN4O2/c26-19-10-8-17(9-11-19)24-31-33(25(35)32(24)14-18-4-1-2-7-21(18)29)15-22(34)30-13-12-16-5-3-6-20(27)23(16)28/h1-11H,12-15H2,(H,30,34). The lowest BCUT2D eigenvalue weighted by Crippen LogP contribution is -2.34. The molecule has 6 nitrogen and oxygen atoms in total. The number of halogens is 4. The lowest BCUT2D eigenvalue weighted by molar-refractivity contribution is -0.121. The van der Waals surface area contributed by atoms with Crippen molar-refractivity contribution in [2.24, 2.45) is 0 Å². The zero-order valence-corrected chi connectivity index (χ0v) is 20.6. The van der Waals surface area contributed by atoms with Crippen LogP contribution in [-0.2, 0) is 24.3 Å². The van der Waals surface area contributed by atoms with Gasteiger partial charge in [0.2, 0.25) is 5.91 Å². The van der Waals surface area contributed by atoms with Gasteiger partial charge in [-0.2, -0.15) is 0 Å². The zero-order valence-electron chi connectivity index (χ0n) is 18.3. The number of carbonyl (C=O) groups excluding carboxylic acids is 1. The van der Waals surface area contributed by atoms with Gasteiger partial charge in [0.25, 0.3) is 0 Å². The highest BCUT2D eigenvalue weighted by Gasteiger charge is 2.18. The smallest absolute Gasteiger partial charge is 0.347 e. The third kappa shape index (κ3) is 5.93. The molecule has 0 atom stereocenters. The van der Waals surface area contributed by atoms with Gasteiger partial charge in [0.05, 0.1) is 16.6 Å². The van der Waals surface area contributed by atoms with Gasteiger partial charge in [-0.25, -0.2) is 13.9 Å². The fraction of sp³-hybridized carbons (Fsp3) is 0.160. The Bertz CT molecular complexity index is 1420.